The molecule has 2 aromatic carbocycles. The molecular formula is C26H18N4O5. The fourth-order valence-corrected chi connectivity index (χ4v) is 4.58. The summed E-state index contributed by atoms with van der Waals surface area (Å²) >= 11 is 0. The first kappa shape index (κ1) is 20.8. The highest BCUT2D eigenvalue weighted by molar-refractivity contribution is 6.27. The number of carbonyl (C=O) groups is 1. The van der Waals surface area contributed by atoms with Crippen molar-refractivity contribution >= 4 is 16.6 Å². The van der Waals surface area contributed by atoms with Crippen LogP contribution in [0.4, 0.5) is 0 Å². The van der Waals surface area contributed by atoms with Crippen molar-refractivity contribution in [2.75, 3.05) is 14.2 Å². The van der Waals surface area contributed by atoms with Gasteiger partial charge in [0.25, 0.3) is 5.56 Å². The zero-order chi connectivity index (χ0) is 24.1. The number of hydrogen-bond donors (Lipinski definition) is 0. The van der Waals surface area contributed by atoms with Gasteiger partial charge in [-0.3, -0.25) is 19.1 Å². The molecule has 0 unspecified atom stereocenters. The van der Waals surface area contributed by atoms with Crippen LogP contribution in [-0.2, 0) is 6.54 Å². The van der Waals surface area contributed by atoms with Crippen molar-refractivity contribution in [1.29, 1.82) is 0 Å². The van der Waals surface area contributed by atoms with E-state index in [4.69, 9.17) is 14.0 Å². The van der Waals surface area contributed by atoms with Gasteiger partial charge in [0, 0.05) is 22.7 Å². The number of pyridine rings is 2. The molecule has 0 N–H and O–H groups in total. The van der Waals surface area contributed by atoms with E-state index in [-0.39, 0.29) is 34.9 Å². The maximum atomic E-state index is 13.9. The first-order chi connectivity index (χ1) is 17.1. The zero-order valence-electron chi connectivity index (χ0n) is 18.8. The molecule has 0 atom stereocenters. The van der Waals surface area contributed by atoms with Gasteiger partial charge in [0.2, 0.25) is 11.7 Å². The molecular weight excluding hydrogens is 448 g/mol. The van der Waals surface area contributed by atoms with Gasteiger partial charge in [0.15, 0.2) is 17.3 Å². The lowest BCUT2D eigenvalue weighted by Crippen LogP contribution is -2.24. The van der Waals surface area contributed by atoms with Gasteiger partial charge in [0.05, 0.1) is 30.9 Å². The maximum Gasteiger partial charge on any atom is 0.263 e. The summed E-state index contributed by atoms with van der Waals surface area (Å²) < 4.78 is 17.9. The Morgan fingerprint density at radius 1 is 0.943 bits per heavy atom. The van der Waals surface area contributed by atoms with E-state index in [0.29, 0.717) is 45.0 Å². The van der Waals surface area contributed by atoms with Crippen LogP contribution < -0.4 is 15.0 Å². The Morgan fingerprint density at radius 3 is 2.49 bits per heavy atom. The second-order valence-electron chi connectivity index (χ2n) is 7.94. The average Bonchev–Trinajstić information content (AvgIpc) is 3.49. The Hall–Kier alpha value is -4.79. The van der Waals surface area contributed by atoms with E-state index in [1.165, 1.54) is 18.8 Å². The molecule has 3 heterocycles. The van der Waals surface area contributed by atoms with Gasteiger partial charge < -0.3 is 14.0 Å². The molecule has 0 saturated carbocycles. The number of benzene rings is 2. The second-order valence-corrected chi connectivity index (χ2v) is 7.94. The van der Waals surface area contributed by atoms with Gasteiger partial charge in [0.1, 0.15) is 12.2 Å². The molecule has 0 radical (unpaired) electrons. The van der Waals surface area contributed by atoms with Gasteiger partial charge in [-0.2, -0.15) is 4.98 Å². The highest BCUT2D eigenvalue weighted by Crippen LogP contribution is 2.43. The SMILES string of the molecule is COc1ccc2c3c(n(Cc4nc(-c5ccccn5)no4)c(=O)c2c1OC)-c1ccccc1C3=O. The molecule has 0 saturated heterocycles. The Morgan fingerprint density at radius 2 is 1.74 bits per heavy atom. The summed E-state index contributed by atoms with van der Waals surface area (Å²) in [6.07, 6.45) is 1.63. The van der Waals surface area contributed by atoms with Crippen LogP contribution >= 0.6 is 0 Å². The number of rotatable bonds is 5. The van der Waals surface area contributed by atoms with E-state index in [9.17, 15) is 9.59 Å². The van der Waals surface area contributed by atoms with Crippen LogP contribution in [0.2, 0.25) is 0 Å². The van der Waals surface area contributed by atoms with E-state index >= 15 is 0 Å². The minimum atomic E-state index is -0.364. The summed E-state index contributed by atoms with van der Waals surface area (Å²) in [6, 6.07) is 16.0. The first-order valence-corrected chi connectivity index (χ1v) is 10.8. The third kappa shape index (κ3) is 3.05. The highest BCUT2D eigenvalue weighted by atomic mass is 16.5. The van der Waals surface area contributed by atoms with Crippen LogP contribution in [-0.4, -0.2) is 39.7 Å². The van der Waals surface area contributed by atoms with Crippen molar-refractivity contribution in [2.24, 2.45) is 0 Å². The zero-order valence-corrected chi connectivity index (χ0v) is 18.8. The molecule has 1 aliphatic rings. The van der Waals surface area contributed by atoms with Crippen LogP contribution in [0, 0.1) is 0 Å². The molecule has 0 spiro atoms. The molecule has 0 amide bonds. The topological polar surface area (TPSA) is 109 Å². The van der Waals surface area contributed by atoms with Crippen LogP contribution in [0.1, 0.15) is 21.8 Å². The first-order valence-electron chi connectivity index (χ1n) is 10.8. The van der Waals surface area contributed by atoms with Crippen LogP contribution in [0.25, 0.3) is 33.5 Å². The predicted octanol–water partition coefficient (Wildman–Crippen LogP) is 3.72. The van der Waals surface area contributed by atoms with Crippen LogP contribution in [0.5, 0.6) is 11.5 Å². The standard InChI is InChI=1S/C26H18N4O5/c1-33-18-11-10-16-20-22(14-7-3-4-8-15(14)23(20)31)30(26(32)21(16)24(18)34-2)13-19-28-25(29-35-19)17-9-5-6-12-27-17/h3-12H,13H2,1-2H3. The number of methoxy groups -OCH3 is 2. The van der Waals surface area contributed by atoms with Crippen molar-refractivity contribution in [3.05, 3.63) is 88.2 Å². The third-order valence-corrected chi connectivity index (χ3v) is 6.09. The Kier molecular flexibility index (Phi) is 4.70. The lowest BCUT2D eigenvalue weighted by atomic mass is 10.0. The Labute approximate surface area is 198 Å². The number of hydrogen-bond acceptors (Lipinski definition) is 8. The van der Waals surface area contributed by atoms with Gasteiger partial charge >= 0.3 is 0 Å². The van der Waals surface area contributed by atoms with Crippen molar-refractivity contribution in [3.63, 3.8) is 0 Å². The largest absolute Gasteiger partial charge is 0.493 e. The molecule has 9 nitrogen and oxygen atoms in total. The molecule has 9 heteroatoms. The molecule has 5 aromatic rings. The third-order valence-electron chi connectivity index (χ3n) is 6.09. The van der Waals surface area contributed by atoms with E-state index in [0.717, 1.165) is 0 Å². The fraction of sp³-hybridized carbons (Fsp3) is 0.115. The van der Waals surface area contributed by atoms with Crippen LogP contribution in [0.15, 0.2) is 70.1 Å². The number of aromatic nitrogens is 4. The molecule has 35 heavy (non-hydrogen) atoms. The van der Waals surface area contributed by atoms with Gasteiger partial charge in [-0.05, 0) is 24.3 Å². The Balaban J connectivity index is 1.63. The van der Waals surface area contributed by atoms with Crippen LogP contribution in [0.3, 0.4) is 0 Å². The monoisotopic (exact) mass is 466 g/mol. The van der Waals surface area contributed by atoms with Crippen molar-refractivity contribution in [1.82, 2.24) is 19.7 Å². The molecule has 1 aliphatic carbocycles. The summed E-state index contributed by atoms with van der Waals surface area (Å²) in [4.78, 5) is 36.1. The minimum absolute atomic E-state index is 0.0427. The normalized spacial score (nSPS) is 12.0. The van der Waals surface area contributed by atoms with Crippen molar-refractivity contribution in [2.45, 2.75) is 6.54 Å². The van der Waals surface area contributed by atoms with E-state index in [1.54, 1.807) is 42.6 Å². The average molecular weight is 466 g/mol. The minimum Gasteiger partial charge on any atom is -0.493 e. The molecule has 3 aromatic heterocycles. The van der Waals surface area contributed by atoms with Crippen molar-refractivity contribution < 1.29 is 18.8 Å². The maximum absolute atomic E-state index is 13.9. The van der Waals surface area contributed by atoms with Crippen molar-refractivity contribution in [3.8, 4) is 34.3 Å². The number of carbonyl (C=O) groups excluding carboxylic acids is 1. The Bertz CT molecular complexity index is 1690. The van der Waals surface area contributed by atoms with E-state index in [2.05, 4.69) is 15.1 Å². The summed E-state index contributed by atoms with van der Waals surface area (Å²) in [5.74, 6) is 0.993. The van der Waals surface area contributed by atoms with Gasteiger partial charge in [-0.15, -0.1) is 0 Å². The number of fused-ring (bicyclic) bond motifs is 5. The molecule has 6 rings (SSSR count). The number of ether oxygens (including phenoxy) is 2. The highest BCUT2D eigenvalue weighted by Gasteiger charge is 2.34. The summed E-state index contributed by atoms with van der Waals surface area (Å²) in [5, 5.41) is 4.76. The van der Waals surface area contributed by atoms with Gasteiger partial charge in [-0.25, -0.2) is 0 Å². The van der Waals surface area contributed by atoms with E-state index < -0.39 is 0 Å². The molecule has 0 fully saturated rings. The van der Waals surface area contributed by atoms with E-state index in [1.807, 2.05) is 18.2 Å². The number of ketones is 1. The predicted molar refractivity (Wildman–Crippen MR) is 127 cm³/mol. The second kappa shape index (κ2) is 7.91. The van der Waals surface area contributed by atoms with Gasteiger partial charge in [-0.1, -0.05) is 35.5 Å². The lowest BCUT2D eigenvalue weighted by molar-refractivity contribution is 0.104. The fourth-order valence-electron chi connectivity index (χ4n) is 4.58. The smallest absolute Gasteiger partial charge is 0.263 e. The summed E-state index contributed by atoms with van der Waals surface area (Å²) in [5.41, 5.74) is 2.31. The lowest BCUT2D eigenvalue weighted by Gasteiger charge is -2.16. The quantitative estimate of drug-likeness (QED) is 0.378. The number of nitrogens with zero attached hydrogens (tertiary/aromatic N) is 4. The molecule has 0 bridgehead atoms. The molecule has 0 aliphatic heterocycles. The summed E-state index contributed by atoms with van der Waals surface area (Å²) in [7, 11) is 2.95. The summed E-state index contributed by atoms with van der Waals surface area (Å²) in [6.45, 7) is -0.0427. The molecule has 172 valence electrons.